The van der Waals surface area contributed by atoms with Gasteiger partial charge in [-0.2, -0.15) is 0 Å². The number of phenolic OH excluding ortho intramolecular Hbond substituents is 1. The smallest absolute Gasteiger partial charge is 0.253 e. The van der Waals surface area contributed by atoms with Gasteiger partial charge in [-0.3, -0.25) is 29.0 Å². The standard InChI is InChI=1S/C34H27Br2Cl2N3O6/c1-40-31(45)33(37)15-22-19(25(34(33,38)32(40)46)21-14-23(47-2)28(42)27(36)26(21)35)12-13-20-24(22)30(44)41(29(20)43)18-10-8-17(9-11-18)39-16-6-4-3-5-7-16/h3-12,14,20,22,24-25,39,42H,13,15H2,1-2H3/t20-,22+,24-,25+,33+,34-/m0/s1. The third kappa shape index (κ3) is 4.46. The van der Waals surface area contributed by atoms with Crippen molar-refractivity contribution in [2.24, 2.45) is 17.8 Å². The number of benzene rings is 3. The monoisotopic (exact) mass is 801 g/mol. The van der Waals surface area contributed by atoms with E-state index < -0.39 is 51.1 Å². The van der Waals surface area contributed by atoms with Gasteiger partial charge < -0.3 is 15.2 Å². The number of nitrogens with zero attached hydrogens (tertiary/aromatic N) is 2. The molecule has 0 radical (unpaired) electrons. The zero-order valence-electron chi connectivity index (χ0n) is 25.0. The molecule has 0 bridgehead atoms. The number of nitrogens with one attached hydrogen (secondary N) is 1. The maximum Gasteiger partial charge on any atom is 0.253 e. The molecule has 47 heavy (non-hydrogen) atoms. The van der Waals surface area contributed by atoms with Gasteiger partial charge in [-0.15, -0.1) is 23.2 Å². The lowest BCUT2D eigenvalue weighted by atomic mass is 9.56. The number of ether oxygens (including phenoxy) is 1. The Balaban J connectivity index is 1.31. The van der Waals surface area contributed by atoms with Crippen molar-refractivity contribution >= 4 is 95.8 Å². The maximum atomic E-state index is 14.3. The molecule has 2 saturated heterocycles. The molecule has 2 heterocycles. The highest BCUT2D eigenvalue weighted by Crippen LogP contribution is 2.66. The van der Waals surface area contributed by atoms with Crippen molar-refractivity contribution in [2.75, 3.05) is 24.4 Å². The fourth-order valence-electron chi connectivity index (χ4n) is 7.70. The predicted octanol–water partition coefficient (Wildman–Crippen LogP) is 6.86. The Bertz CT molecular complexity index is 1910. The molecule has 2 aliphatic heterocycles. The largest absolute Gasteiger partial charge is 0.503 e. The fraction of sp³-hybridized carbons (Fsp3) is 0.294. The number of carbonyl (C=O) groups is 4. The summed E-state index contributed by atoms with van der Waals surface area (Å²) in [4.78, 5) is 54.1. The van der Waals surface area contributed by atoms with Gasteiger partial charge in [-0.05, 0) is 98.6 Å². The SMILES string of the molecule is COc1cc([C@H]2C3=CC[C@@H]4C(=O)N(c5ccc(Nc6ccccc6)cc5)C(=O)[C@@H]4[C@@H]3C[C@@]3(Cl)C(=O)N(C)C(=O)[C@@]23Cl)c(Br)c(Br)c1O. The summed E-state index contributed by atoms with van der Waals surface area (Å²) >= 11 is 21.5. The number of likely N-dealkylation sites (tertiary alicyclic amines) is 1. The van der Waals surface area contributed by atoms with E-state index in [1.54, 1.807) is 30.3 Å². The molecule has 2 N–H and O–H groups in total. The molecule has 0 unspecified atom stereocenters. The summed E-state index contributed by atoms with van der Waals surface area (Å²) in [6.07, 6.45) is 1.95. The second-order valence-corrected chi connectivity index (χ2v) is 15.0. The normalized spacial score (nSPS) is 29.8. The third-order valence-electron chi connectivity index (χ3n) is 9.91. The third-order valence-corrected chi connectivity index (χ3v) is 13.5. The minimum Gasteiger partial charge on any atom is -0.503 e. The van der Waals surface area contributed by atoms with Crippen LogP contribution in [0.15, 0.2) is 81.3 Å². The number of allylic oxidation sites excluding steroid dienone is 2. The van der Waals surface area contributed by atoms with Crippen molar-refractivity contribution in [3.05, 3.63) is 86.8 Å². The lowest BCUT2D eigenvalue weighted by Gasteiger charge is -2.51. The molecular formula is C34H27Br2Cl2N3O6. The second-order valence-electron chi connectivity index (χ2n) is 12.2. The molecular weight excluding hydrogens is 777 g/mol. The molecule has 4 amide bonds. The lowest BCUT2D eigenvalue weighted by Crippen LogP contribution is -2.60. The maximum absolute atomic E-state index is 14.3. The van der Waals surface area contributed by atoms with Crippen molar-refractivity contribution in [3.63, 3.8) is 0 Å². The number of rotatable bonds is 5. The molecule has 13 heteroatoms. The van der Waals surface area contributed by atoms with Crippen molar-refractivity contribution < 1.29 is 29.0 Å². The number of alkyl halides is 2. The lowest BCUT2D eigenvalue weighted by molar-refractivity contribution is -0.138. The second kappa shape index (κ2) is 11.4. The number of para-hydroxylation sites is 1. The number of amides is 4. The van der Waals surface area contributed by atoms with E-state index in [2.05, 4.69) is 37.2 Å². The molecule has 0 spiro atoms. The summed E-state index contributed by atoms with van der Waals surface area (Å²) in [5.74, 6) is -5.47. The number of halogens is 4. The Labute approximate surface area is 297 Å². The van der Waals surface area contributed by atoms with Gasteiger partial charge >= 0.3 is 0 Å². The van der Waals surface area contributed by atoms with Crippen molar-refractivity contribution in [1.82, 2.24) is 4.90 Å². The first-order chi connectivity index (χ1) is 22.3. The molecule has 2 aliphatic carbocycles. The molecule has 4 aliphatic rings. The van der Waals surface area contributed by atoms with Crippen LogP contribution in [0.4, 0.5) is 17.1 Å². The first-order valence-electron chi connectivity index (χ1n) is 14.8. The first kappa shape index (κ1) is 32.2. The average molecular weight is 804 g/mol. The van der Waals surface area contributed by atoms with Gasteiger partial charge in [0, 0.05) is 28.8 Å². The molecule has 3 aromatic rings. The van der Waals surface area contributed by atoms with E-state index in [9.17, 15) is 24.3 Å². The zero-order valence-corrected chi connectivity index (χ0v) is 29.7. The van der Waals surface area contributed by atoms with Crippen LogP contribution < -0.4 is 15.0 Å². The van der Waals surface area contributed by atoms with E-state index in [4.69, 9.17) is 27.9 Å². The van der Waals surface area contributed by atoms with Crippen molar-refractivity contribution in [3.8, 4) is 11.5 Å². The molecule has 1 saturated carbocycles. The van der Waals surface area contributed by atoms with Gasteiger partial charge in [-0.25, -0.2) is 0 Å². The van der Waals surface area contributed by atoms with E-state index in [1.807, 2.05) is 36.4 Å². The van der Waals surface area contributed by atoms with Gasteiger partial charge in [0.25, 0.3) is 11.8 Å². The van der Waals surface area contributed by atoms with Gasteiger partial charge in [0.05, 0.1) is 29.1 Å². The quantitative estimate of drug-likeness (QED) is 0.165. The highest BCUT2D eigenvalue weighted by atomic mass is 79.9. The number of imide groups is 2. The molecule has 6 atom stereocenters. The Morgan fingerprint density at radius 2 is 1.57 bits per heavy atom. The van der Waals surface area contributed by atoms with Gasteiger partial charge in [0.15, 0.2) is 21.2 Å². The van der Waals surface area contributed by atoms with Crippen LogP contribution >= 0.6 is 55.1 Å². The zero-order chi connectivity index (χ0) is 33.6. The van der Waals surface area contributed by atoms with E-state index in [1.165, 1.54) is 19.1 Å². The number of fused-ring (bicyclic) bond motifs is 4. The first-order valence-corrected chi connectivity index (χ1v) is 17.1. The molecule has 242 valence electrons. The van der Waals surface area contributed by atoms with Crippen molar-refractivity contribution in [1.29, 1.82) is 0 Å². The summed E-state index contributed by atoms with van der Waals surface area (Å²) in [5, 5.41) is 14.0. The molecule has 3 fully saturated rings. The number of carbonyl (C=O) groups excluding carboxylic acids is 4. The summed E-state index contributed by atoms with van der Waals surface area (Å²) in [6.45, 7) is 0. The minimum atomic E-state index is -1.98. The molecule has 3 aromatic carbocycles. The predicted molar refractivity (Wildman–Crippen MR) is 184 cm³/mol. The van der Waals surface area contributed by atoms with Crippen LogP contribution in [0.3, 0.4) is 0 Å². The number of aromatic hydroxyl groups is 1. The van der Waals surface area contributed by atoms with Gasteiger partial charge in [-0.1, -0.05) is 29.8 Å². The molecule has 7 rings (SSSR count). The van der Waals surface area contributed by atoms with Crippen LogP contribution in [0.1, 0.15) is 24.3 Å². The topological polar surface area (TPSA) is 116 Å². The summed E-state index contributed by atoms with van der Waals surface area (Å²) in [6, 6.07) is 18.2. The van der Waals surface area contributed by atoms with Crippen LogP contribution in [-0.2, 0) is 19.2 Å². The van der Waals surface area contributed by atoms with Gasteiger partial charge in [0.1, 0.15) is 0 Å². The summed E-state index contributed by atoms with van der Waals surface area (Å²) < 4.78 is 6.04. The number of phenols is 1. The highest BCUT2D eigenvalue weighted by molar-refractivity contribution is 9.13. The fourth-order valence-corrected chi connectivity index (χ4v) is 9.67. The minimum absolute atomic E-state index is 0.0977. The van der Waals surface area contributed by atoms with Crippen molar-refractivity contribution in [2.45, 2.75) is 28.5 Å². The number of anilines is 3. The molecule has 0 aromatic heterocycles. The van der Waals surface area contributed by atoms with E-state index in [-0.39, 0.29) is 34.7 Å². The Hall–Kier alpha value is -3.38. The van der Waals surface area contributed by atoms with Crippen LogP contribution in [0.25, 0.3) is 0 Å². The van der Waals surface area contributed by atoms with Gasteiger partial charge in [0.2, 0.25) is 11.8 Å². The Morgan fingerprint density at radius 1 is 0.915 bits per heavy atom. The number of methoxy groups -OCH3 is 1. The number of hydrogen-bond acceptors (Lipinski definition) is 7. The molecule has 9 nitrogen and oxygen atoms in total. The Morgan fingerprint density at radius 3 is 2.23 bits per heavy atom. The van der Waals surface area contributed by atoms with Crippen LogP contribution in [0, 0.1) is 17.8 Å². The van der Waals surface area contributed by atoms with E-state index >= 15 is 0 Å². The number of hydrogen-bond donors (Lipinski definition) is 2. The van der Waals surface area contributed by atoms with E-state index in [0.29, 0.717) is 21.3 Å². The summed E-state index contributed by atoms with van der Waals surface area (Å²) in [5.41, 5.74) is 3.15. The highest BCUT2D eigenvalue weighted by Gasteiger charge is 2.76. The van der Waals surface area contributed by atoms with Crippen LogP contribution in [0.2, 0.25) is 0 Å². The van der Waals surface area contributed by atoms with Crippen LogP contribution in [-0.4, -0.2) is 57.5 Å². The Kier molecular flexibility index (Phi) is 7.78. The van der Waals surface area contributed by atoms with E-state index in [0.717, 1.165) is 16.3 Å². The summed E-state index contributed by atoms with van der Waals surface area (Å²) in [7, 11) is 2.72. The van der Waals surface area contributed by atoms with Crippen LogP contribution in [0.5, 0.6) is 11.5 Å². The average Bonchev–Trinajstić information content (AvgIpc) is 3.40.